The molecule has 2 aromatic carbocycles. The number of hydrogen-bond donors (Lipinski definition) is 3. The van der Waals surface area contributed by atoms with Gasteiger partial charge in [0.1, 0.15) is 22.8 Å². The second kappa shape index (κ2) is 11.1. The van der Waals surface area contributed by atoms with E-state index in [1.807, 2.05) is 63.8 Å². The van der Waals surface area contributed by atoms with Crippen LogP contribution in [0.25, 0.3) is 11.1 Å². The average molecular weight is 571 g/mol. The van der Waals surface area contributed by atoms with Crippen LogP contribution in [0.3, 0.4) is 0 Å². The molecule has 2 aliphatic rings. The fraction of sp³-hybridized carbons (Fsp3) is 0.467. The Morgan fingerprint density at radius 1 is 1.12 bits per heavy atom. The summed E-state index contributed by atoms with van der Waals surface area (Å²) in [6.45, 7) is 10.0. The number of benzene rings is 2. The van der Waals surface area contributed by atoms with Gasteiger partial charge in [0.15, 0.2) is 11.6 Å². The molecule has 5 rings (SSSR count). The van der Waals surface area contributed by atoms with E-state index in [0.29, 0.717) is 34.3 Å². The first-order valence-corrected chi connectivity index (χ1v) is 14.0. The van der Waals surface area contributed by atoms with E-state index in [1.54, 1.807) is 18.2 Å². The lowest BCUT2D eigenvalue weighted by molar-refractivity contribution is -0.0351. The van der Waals surface area contributed by atoms with Crippen LogP contribution in [0.5, 0.6) is 0 Å². The van der Waals surface area contributed by atoms with Gasteiger partial charge in [0.25, 0.3) is 0 Å². The molecule has 0 aliphatic carbocycles. The molecule has 214 valence electrons. The first-order valence-electron chi connectivity index (χ1n) is 13.7. The summed E-state index contributed by atoms with van der Waals surface area (Å²) in [5, 5.41) is 34.6. The lowest BCUT2D eigenvalue weighted by Gasteiger charge is -2.35. The number of oxime groups is 1. The van der Waals surface area contributed by atoms with Crippen LogP contribution in [0, 0.1) is 11.7 Å². The number of aliphatic hydroxyl groups is 2. The van der Waals surface area contributed by atoms with Crippen LogP contribution in [0.1, 0.15) is 69.9 Å². The zero-order valence-corrected chi connectivity index (χ0v) is 24.1. The molecule has 0 saturated carbocycles. The number of β-amino-alcohol motifs (C(OH)–C–C–N with tert-alkyl or cyclic N) is 1. The molecule has 1 aromatic heterocycles. The molecule has 3 N–H and O–H groups in total. The van der Waals surface area contributed by atoms with E-state index in [9.17, 15) is 14.6 Å². The molecule has 3 heterocycles. The van der Waals surface area contributed by atoms with Gasteiger partial charge >= 0.3 is 0 Å². The Balaban J connectivity index is 1.36. The van der Waals surface area contributed by atoms with Crippen molar-refractivity contribution in [2.24, 2.45) is 11.1 Å². The van der Waals surface area contributed by atoms with E-state index in [-0.39, 0.29) is 24.2 Å². The summed E-state index contributed by atoms with van der Waals surface area (Å²) in [5.74, 6) is 0.208. The van der Waals surface area contributed by atoms with Crippen molar-refractivity contribution in [3.05, 3.63) is 76.4 Å². The first kappa shape index (κ1) is 28.5. The third-order valence-electron chi connectivity index (χ3n) is 7.86. The molecule has 3 aromatic rings. The van der Waals surface area contributed by atoms with Crippen molar-refractivity contribution in [2.75, 3.05) is 6.54 Å². The molecule has 40 heavy (non-hydrogen) atoms. The zero-order chi connectivity index (χ0) is 28.8. The van der Waals surface area contributed by atoms with Crippen LogP contribution in [-0.2, 0) is 10.6 Å². The number of amidine groups is 1. The van der Waals surface area contributed by atoms with Crippen molar-refractivity contribution in [2.45, 2.75) is 77.0 Å². The second-order valence-corrected chi connectivity index (χ2v) is 11.8. The Morgan fingerprint density at radius 2 is 1.82 bits per heavy atom. The molecule has 2 aliphatic heterocycles. The molecule has 0 amide bonds. The number of aromatic nitrogens is 1. The minimum atomic E-state index is -1.02. The van der Waals surface area contributed by atoms with Gasteiger partial charge in [-0.2, -0.15) is 0 Å². The van der Waals surface area contributed by atoms with E-state index >= 15 is 0 Å². The van der Waals surface area contributed by atoms with Crippen LogP contribution < -0.4 is 5.32 Å². The maximum Gasteiger partial charge on any atom is 0.231 e. The number of nitrogens with zero attached hydrogens (tertiary/aromatic N) is 3. The quantitative estimate of drug-likeness (QED) is 0.326. The highest BCUT2D eigenvalue weighted by molar-refractivity contribution is 6.31. The Bertz CT molecular complexity index is 1380. The normalized spacial score (nSPS) is 24.7. The fourth-order valence-electron chi connectivity index (χ4n) is 5.62. The smallest absolute Gasteiger partial charge is 0.231 e. The maximum atomic E-state index is 14.3. The van der Waals surface area contributed by atoms with Gasteiger partial charge in [0.2, 0.25) is 5.72 Å². The Kier molecular flexibility index (Phi) is 7.94. The molecular formula is C30H36ClFN4O4. The summed E-state index contributed by atoms with van der Waals surface area (Å²) in [7, 11) is 0. The van der Waals surface area contributed by atoms with E-state index in [1.165, 1.54) is 6.07 Å². The number of hydrogen-bond acceptors (Lipinski definition) is 8. The highest BCUT2D eigenvalue weighted by Gasteiger charge is 2.47. The Labute approximate surface area is 238 Å². The van der Waals surface area contributed by atoms with Crippen molar-refractivity contribution in [3.63, 3.8) is 0 Å². The predicted molar refractivity (Wildman–Crippen MR) is 151 cm³/mol. The topological polar surface area (TPSA) is 103 Å². The van der Waals surface area contributed by atoms with Gasteiger partial charge in [-0.25, -0.2) is 4.39 Å². The highest BCUT2D eigenvalue weighted by atomic mass is 35.5. The summed E-state index contributed by atoms with van der Waals surface area (Å²) in [4.78, 5) is 7.70. The molecule has 0 spiro atoms. The minimum Gasteiger partial charge on any atom is -0.392 e. The largest absolute Gasteiger partial charge is 0.392 e. The van der Waals surface area contributed by atoms with Gasteiger partial charge < -0.3 is 24.9 Å². The standard InChI is InChI=1S/C30H36ClFN4O4/c1-16(2)24(27-25(31)26(17(3)4)34-39-27)29(38)36-15-20(37)14-23(36)28-33-30(5,40-35-28)19-12-10-18(11-13-19)21-8-6-7-9-22(21)32/h6-13,16-17,20,23-24,29,37-38H,14-15H2,1-5H3,(H,33,35)/t20-,23+,24-,29?,30?/m1/s1. The van der Waals surface area contributed by atoms with Gasteiger partial charge in [-0.05, 0) is 24.0 Å². The molecule has 2 unspecified atom stereocenters. The monoisotopic (exact) mass is 570 g/mol. The summed E-state index contributed by atoms with van der Waals surface area (Å²) in [6, 6.07) is 13.6. The number of halogens is 2. The zero-order valence-electron chi connectivity index (χ0n) is 23.3. The number of likely N-dealkylation sites (tertiary alicyclic amines) is 1. The Hall–Kier alpha value is -2.98. The lowest BCUT2D eigenvalue weighted by Crippen LogP contribution is -2.52. The van der Waals surface area contributed by atoms with Gasteiger partial charge in [-0.1, -0.05) is 92.1 Å². The van der Waals surface area contributed by atoms with E-state index < -0.39 is 30.0 Å². The van der Waals surface area contributed by atoms with Crippen LogP contribution in [0.2, 0.25) is 5.02 Å². The number of nitrogens with one attached hydrogen (secondary N) is 1. The average Bonchev–Trinajstić information content (AvgIpc) is 3.61. The van der Waals surface area contributed by atoms with Gasteiger partial charge in [-0.3, -0.25) is 4.90 Å². The summed E-state index contributed by atoms with van der Waals surface area (Å²) in [5.41, 5.74) is 1.74. The van der Waals surface area contributed by atoms with E-state index in [2.05, 4.69) is 15.6 Å². The summed E-state index contributed by atoms with van der Waals surface area (Å²) >= 11 is 6.65. The third kappa shape index (κ3) is 5.23. The molecule has 0 bridgehead atoms. The van der Waals surface area contributed by atoms with Crippen molar-refractivity contribution in [1.82, 2.24) is 15.4 Å². The number of rotatable bonds is 8. The van der Waals surface area contributed by atoms with Crippen LogP contribution >= 0.6 is 11.6 Å². The van der Waals surface area contributed by atoms with Crippen molar-refractivity contribution >= 4 is 17.4 Å². The second-order valence-electron chi connectivity index (χ2n) is 11.5. The van der Waals surface area contributed by atoms with Crippen LogP contribution in [0.15, 0.2) is 58.2 Å². The molecule has 0 radical (unpaired) electrons. The van der Waals surface area contributed by atoms with Crippen molar-refractivity contribution in [3.8, 4) is 11.1 Å². The van der Waals surface area contributed by atoms with Crippen molar-refractivity contribution < 1.29 is 24.0 Å². The lowest BCUT2D eigenvalue weighted by atomic mass is 9.89. The Morgan fingerprint density at radius 3 is 2.45 bits per heavy atom. The van der Waals surface area contributed by atoms with E-state index in [4.69, 9.17) is 21.0 Å². The molecule has 1 fully saturated rings. The summed E-state index contributed by atoms with van der Waals surface area (Å²) in [6.07, 6.45) is -1.33. The van der Waals surface area contributed by atoms with Gasteiger partial charge in [-0.15, -0.1) is 0 Å². The predicted octanol–water partition coefficient (Wildman–Crippen LogP) is 5.56. The van der Waals surface area contributed by atoms with Gasteiger partial charge in [0.05, 0.1) is 18.1 Å². The number of aliphatic hydroxyl groups excluding tert-OH is 2. The van der Waals surface area contributed by atoms with Gasteiger partial charge in [0, 0.05) is 30.5 Å². The van der Waals surface area contributed by atoms with Crippen molar-refractivity contribution in [1.29, 1.82) is 0 Å². The molecule has 8 nitrogen and oxygen atoms in total. The fourth-order valence-corrected chi connectivity index (χ4v) is 6.03. The first-order chi connectivity index (χ1) is 19.0. The maximum absolute atomic E-state index is 14.3. The highest BCUT2D eigenvalue weighted by Crippen LogP contribution is 2.40. The van der Waals surface area contributed by atoms with Crippen LogP contribution in [-0.4, -0.2) is 51.0 Å². The molecule has 10 heteroatoms. The molecule has 5 atom stereocenters. The minimum absolute atomic E-state index is 0.0354. The molecule has 1 saturated heterocycles. The van der Waals surface area contributed by atoms with E-state index in [0.717, 1.165) is 11.1 Å². The summed E-state index contributed by atoms with van der Waals surface area (Å²) < 4.78 is 19.9. The van der Waals surface area contributed by atoms with Crippen LogP contribution in [0.4, 0.5) is 4.39 Å². The SMILES string of the molecule is CC(C)c1noc([C@@H](C(C)C)C(O)N2C[C@H](O)C[C@H]2C2=NOC(C)(c3ccc(-c4ccccc4F)cc3)N2)c1Cl. The third-order valence-corrected chi connectivity index (χ3v) is 8.24. The molecular weight excluding hydrogens is 535 g/mol.